The predicted molar refractivity (Wildman–Crippen MR) is 211 cm³/mol. The lowest BCUT2D eigenvalue weighted by atomic mass is 9.84. The highest BCUT2D eigenvalue weighted by Crippen LogP contribution is 2.45. The van der Waals surface area contributed by atoms with Crippen LogP contribution in [0.3, 0.4) is 0 Å². The summed E-state index contributed by atoms with van der Waals surface area (Å²) in [6.45, 7) is 7.64. The molecule has 0 aliphatic carbocycles. The van der Waals surface area contributed by atoms with Crippen molar-refractivity contribution in [1.82, 2.24) is 4.57 Å². The molecular weight excluding hydrogens is 591 g/mol. The summed E-state index contributed by atoms with van der Waals surface area (Å²) >= 11 is 0. The molecule has 0 saturated carbocycles. The molecule has 9 rings (SSSR count). The topological polar surface area (TPSA) is 4.93 Å². The standard InChI is InChI=1S/C48H37N/c1-4-49-45-17-11-10-14-39(45)42-30-38(26-27-46(42)49)35-20-24-37(25-21-35)48-41-16-9-8-15-40(41)47(43-28-31(2)32(3)29-44(43)48)36-22-18-34(19-23-36)33-12-6-5-7-13-33/h5-30H,4H2,1-3H3. The Morgan fingerprint density at radius 3 is 1.35 bits per heavy atom. The maximum atomic E-state index is 2.42. The number of rotatable bonds is 5. The zero-order valence-corrected chi connectivity index (χ0v) is 28.2. The van der Waals surface area contributed by atoms with Crippen molar-refractivity contribution in [2.45, 2.75) is 27.3 Å². The Balaban J connectivity index is 1.20. The minimum Gasteiger partial charge on any atom is -0.341 e. The van der Waals surface area contributed by atoms with Gasteiger partial charge in [-0.25, -0.2) is 0 Å². The molecule has 1 nitrogen and oxygen atoms in total. The molecule has 0 spiro atoms. The minimum atomic E-state index is 0.955. The lowest BCUT2D eigenvalue weighted by Crippen LogP contribution is -1.93. The van der Waals surface area contributed by atoms with E-state index in [9.17, 15) is 0 Å². The second-order valence-electron chi connectivity index (χ2n) is 13.3. The number of hydrogen-bond donors (Lipinski definition) is 0. The first kappa shape index (κ1) is 29.2. The number of aryl methyl sites for hydroxylation is 3. The number of hydrogen-bond acceptors (Lipinski definition) is 0. The van der Waals surface area contributed by atoms with Crippen molar-refractivity contribution in [3.63, 3.8) is 0 Å². The molecular formula is C48H37N. The molecule has 0 unspecified atom stereocenters. The Morgan fingerprint density at radius 2 is 0.776 bits per heavy atom. The molecule has 49 heavy (non-hydrogen) atoms. The van der Waals surface area contributed by atoms with E-state index in [2.05, 4.69) is 183 Å². The van der Waals surface area contributed by atoms with E-state index in [-0.39, 0.29) is 0 Å². The SMILES string of the molecule is CCn1c2ccccc2c2cc(-c3ccc(-c4c5ccccc5c(-c5ccc(-c6ccccc6)cc5)c5cc(C)c(C)cc45)cc3)ccc21. The van der Waals surface area contributed by atoms with Crippen LogP contribution in [0.1, 0.15) is 18.1 Å². The van der Waals surface area contributed by atoms with Gasteiger partial charge in [0.15, 0.2) is 0 Å². The van der Waals surface area contributed by atoms with Gasteiger partial charge in [0, 0.05) is 28.4 Å². The summed E-state index contributed by atoms with van der Waals surface area (Å²) in [5, 5.41) is 7.78. The first-order valence-electron chi connectivity index (χ1n) is 17.3. The Bertz CT molecular complexity index is 2670. The lowest BCUT2D eigenvalue weighted by Gasteiger charge is -2.19. The van der Waals surface area contributed by atoms with Gasteiger partial charge in [-0.2, -0.15) is 0 Å². The van der Waals surface area contributed by atoms with Gasteiger partial charge in [-0.05, 0) is 116 Å². The third-order valence-corrected chi connectivity index (χ3v) is 10.5. The molecule has 1 heterocycles. The highest BCUT2D eigenvalue weighted by molar-refractivity contribution is 6.21. The summed E-state index contributed by atoms with van der Waals surface area (Å²) in [5.74, 6) is 0. The van der Waals surface area contributed by atoms with Crippen LogP contribution in [0.15, 0.2) is 158 Å². The van der Waals surface area contributed by atoms with E-state index < -0.39 is 0 Å². The molecule has 0 N–H and O–H groups in total. The Labute approximate surface area is 287 Å². The monoisotopic (exact) mass is 627 g/mol. The van der Waals surface area contributed by atoms with Gasteiger partial charge in [-0.1, -0.05) is 140 Å². The Morgan fingerprint density at radius 1 is 0.347 bits per heavy atom. The van der Waals surface area contributed by atoms with Crippen LogP contribution in [0.25, 0.3) is 87.9 Å². The summed E-state index contributed by atoms with van der Waals surface area (Å²) < 4.78 is 2.42. The van der Waals surface area contributed by atoms with Crippen LogP contribution >= 0.6 is 0 Å². The van der Waals surface area contributed by atoms with Crippen LogP contribution < -0.4 is 0 Å². The zero-order chi connectivity index (χ0) is 33.1. The van der Waals surface area contributed by atoms with Gasteiger partial charge in [0.05, 0.1) is 0 Å². The largest absolute Gasteiger partial charge is 0.341 e. The van der Waals surface area contributed by atoms with Crippen LogP contribution in [0, 0.1) is 13.8 Å². The average molecular weight is 628 g/mol. The third-order valence-electron chi connectivity index (χ3n) is 10.5. The number of benzene rings is 8. The molecule has 0 amide bonds. The molecule has 0 aliphatic rings. The maximum Gasteiger partial charge on any atom is 0.0491 e. The van der Waals surface area contributed by atoms with Crippen molar-refractivity contribution in [3.05, 3.63) is 169 Å². The van der Waals surface area contributed by atoms with Gasteiger partial charge in [0.2, 0.25) is 0 Å². The number of para-hydroxylation sites is 1. The fourth-order valence-electron chi connectivity index (χ4n) is 7.92. The lowest BCUT2D eigenvalue weighted by molar-refractivity contribution is 0.827. The maximum absolute atomic E-state index is 2.42. The molecule has 0 atom stereocenters. The van der Waals surface area contributed by atoms with E-state index in [1.165, 1.54) is 99.0 Å². The second-order valence-corrected chi connectivity index (χ2v) is 13.3. The van der Waals surface area contributed by atoms with Crippen molar-refractivity contribution in [1.29, 1.82) is 0 Å². The molecule has 234 valence electrons. The van der Waals surface area contributed by atoms with Crippen LogP contribution in [-0.2, 0) is 6.54 Å². The molecule has 0 radical (unpaired) electrons. The molecule has 0 bridgehead atoms. The van der Waals surface area contributed by atoms with E-state index in [0.717, 1.165) is 6.54 Å². The first-order chi connectivity index (χ1) is 24.1. The van der Waals surface area contributed by atoms with Crippen molar-refractivity contribution < 1.29 is 0 Å². The molecule has 0 fully saturated rings. The second kappa shape index (κ2) is 11.6. The normalized spacial score (nSPS) is 11.7. The summed E-state index contributed by atoms with van der Waals surface area (Å²) in [5.41, 5.74) is 15.2. The van der Waals surface area contributed by atoms with Crippen molar-refractivity contribution in [2.75, 3.05) is 0 Å². The van der Waals surface area contributed by atoms with Crippen LogP contribution in [-0.4, -0.2) is 4.57 Å². The summed E-state index contributed by atoms with van der Waals surface area (Å²) in [4.78, 5) is 0. The number of fused-ring (bicyclic) bond motifs is 5. The third kappa shape index (κ3) is 4.77. The van der Waals surface area contributed by atoms with Gasteiger partial charge >= 0.3 is 0 Å². The highest BCUT2D eigenvalue weighted by Gasteiger charge is 2.18. The molecule has 0 aliphatic heterocycles. The molecule has 1 heteroatoms. The van der Waals surface area contributed by atoms with Gasteiger partial charge in [-0.3, -0.25) is 0 Å². The number of nitrogens with zero attached hydrogens (tertiary/aromatic N) is 1. The van der Waals surface area contributed by atoms with Crippen molar-refractivity contribution >= 4 is 43.4 Å². The van der Waals surface area contributed by atoms with E-state index >= 15 is 0 Å². The van der Waals surface area contributed by atoms with E-state index in [1.807, 2.05) is 0 Å². The van der Waals surface area contributed by atoms with Crippen LogP contribution in [0.4, 0.5) is 0 Å². The van der Waals surface area contributed by atoms with Crippen molar-refractivity contribution in [3.8, 4) is 44.5 Å². The molecule has 8 aromatic carbocycles. The first-order valence-corrected chi connectivity index (χ1v) is 17.3. The van der Waals surface area contributed by atoms with Crippen LogP contribution in [0.5, 0.6) is 0 Å². The Hall–Kier alpha value is -5.92. The summed E-state index contributed by atoms with van der Waals surface area (Å²) in [6, 6.07) is 58.4. The highest BCUT2D eigenvalue weighted by atomic mass is 15.0. The number of aromatic nitrogens is 1. The fraction of sp³-hybridized carbons (Fsp3) is 0.0833. The van der Waals surface area contributed by atoms with E-state index in [0.29, 0.717) is 0 Å². The average Bonchev–Trinajstić information content (AvgIpc) is 3.48. The molecule has 1 aromatic heterocycles. The van der Waals surface area contributed by atoms with Gasteiger partial charge in [-0.15, -0.1) is 0 Å². The van der Waals surface area contributed by atoms with E-state index in [4.69, 9.17) is 0 Å². The summed E-state index contributed by atoms with van der Waals surface area (Å²) in [7, 11) is 0. The minimum absolute atomic E-state index is 0.955. The summed E-state index contributed by atoms with van der Waals surface area (Å²) in [6.07, 6.45) is 0. The zero-order valence-electron chi connectivity index (χ0n) is 28.2. The van der Waals surface area contributed by atoms with Gasteiger partial charge in [0.25, 0.3) is 0 Å². The fourth-order valence-corrected chi connectivity index (χ4v) is 7.92. The molecule has 0 saturated heterocycles. The Kier molecular flexibility index (Phi) is 6.95. The predicted octanol–water partition coefficient (Wildman–Crippen LogP) is 13.4. The quantitative estimate of drug-likeness (QED) is 0.167. The molecule has 9 aromatic rings. The van der Waals surface area contributed by atoms with Crippen LogP contribution in [0.2, 0.25) is 0 Å². The van der Waals surface area contributed by atoms with E-state index in [1.54, 1.807) is 0 Å². The van der Waals surface area contributed by atoms with Crippen molar-refractivity contribution in [2.24, 2.45) is 0 Å². The smallest absolute Gasteiger partial charge is 0.0491 e. The van der Waals surface area contributed by atoms with Gasteiger partial charge < -0.3 is 4.57 Å². The van der Waals surface area contributed by atoms with Gasteiger partial charge in [0.1, 0.15) is 0 Å².